The van der Waals surface area contributed by atoms with Crippen LogP contribution in [-0.4, -0.2) is 68.8 Å². The van der Waals surface area contributed by atoms with Crippen LogP contribution in [0.15, 0.2) is 0 Å². The van der Waals surface area contributed by atoms with E-state index in [1.807, 2.05) is 0 Å². The van der Waals surface area contributed by atoms with Gasteiger partial charge >= 0.3 is 12.1 Å². The van der Waals surface area contributed by atoms with Gasteiger partial charge in [-0.1, -0.05) is 0 Å². The fraction of sp³-hybridized carbons (Fsp3) is 0.889. The normalized spacial score (nSPS) is 30.5. The molecule has 9 heteroatoms. The number of rotatable bonds is 6. The van der Waals surface area contributed by atoms with Crippen molar-refractivity contribution in [2.24, 2.45) is 5.92 Å². The molecular formula is C18H31NO8. The number of hydrogen-bond donors (Lipinski definition) is 1. The van der Waals surface area contributed by atoms with Crippen molar-refractivity contribution < 1.29 is 38.0 Å². The molecule has 0 aromatic heterocycles. The van der Waals surface area contributed by atoms with Crippen molar-refractivity contribution in [3.63, 3.8) is 0 Å². The van der Waals surface area contributed by atoms with E-state index in [0.29, 0.717) is 6.42 Å². The van der Waals surface area contributed by atoms with Crippen molar-refractivity contribution in [2.75, 3.05) is 20.8 Å². The summed E-state index contributed by atoms with van der Waals surface area (Å²) in [7, 11) is 2.84. The van der Waals surface area contributed by atoms with Gasteiger partial charge in [-0.05, 0) is 41.0 Å². The second kappa shape index (κ2) is 8.30. The van der Waals surface area contributed by atoms with E-state index in [1.165, 1.54) is 14.2 Å². The molecule has 0 saturated carbocycles. The Morgan fingerprint density at radius 2 is 1.85 bits per heavy atom. The van der Waals surface area contributed by atoms with E-state index in [9.17, 15) is 9.59 Å². The van der Waals surface area contributed by atoms with Gasteiger partial charge in [0.25, 0.3) is 0 Å². The third-order valence-corrected chi connectivity index (χ3v) is 4.32. The fourth-order valence-corrected chi connectivity index (χ4v) is 3.31. The highest BCUT2D eigenvalue weighted by Gasteiger charge is 2.57. The van der Waals surface area contributed by atoms with Crippen molar-refractivity contribution in [1.29, 1.82) is 0 Å². The molecule has 1 amide bonds. The molecule has 2 saturated heterocycles. The van der Waals surface area contributed by atoms with Gasteiger partial charge in [0.15, 0.2) is 12.1 Å². The molecule has 0 unspecified atom stereocenters. The van der Waals surface area contributed by atoms with Crippen LogP contribution in [0.4, 0.5) is 4.79 Å². The average molecular weight is 389 g/mol. The summed E-state index contributed by atoms with van der Waals surface area (Å²) >= 11 is 0. The standard InChI is InChI=1S/C18H31NO8/c1-17(2,3)27-16(21)19-9-8-10(14(20)23-7)11-12(22-6)13-15(24-11)26-18(4,5)25-13/h10-13,15H,8-9H2,1-7H3,(H,19,21)/t10-,11+,12-,13+,15+/m0/s1. The van der Waals surface area contributed by atoms with Crippen LogP contribution in [0.2, 0.25) is 0 Å². The number of esters is 1. The molecule has 0 radical (unpaired) electrons. The maximum atomic E-state index is 12.3. The van der Waals surface area contributed by atoms with Crippen molar-refractivity contribution >= 4 is 12.1 Å². The lowest BCUT2D eigenvalue weighted by Crippen LogP contribution is -2.44. The zero-order valence-corrected chi connectivity index (χ0v) is 17.1. The zero-order valence-electron chi connectivity index (χ0n) is 17.1. The Bertz CT molecular complexity index is 544. The van der Waals surface area contributed by atoms with Crippen LogP contribution >= 0.6 is 0 Å². The Morgan fingerprint density at radius 1 is 1.19 bits per heavy atom. The molecule has 0 aliphatic carbocycles. The average Bonchev–Trinajstić information content (AvgIpc) is 3.00. The molecule has 2 aliphatic rings. The number of alkyl carbamates (subject to hydrolysis) is 1. The van der Waals surface area contributed by atoms with Gasteiger partial charge in [0.1, 0.15) is 23.9 Å². The molecule has 2 rings (SSSR count). The summed E-state index contributed by atoms with van der Waals surface area (Å²) in [5, 5.41) is 2.64. The molecule has 156 valence electrons. The molecular weight excluding hydrogens is 358 g/mol. The van der Waals surface area contributed by atoms with Gasteiger partial charge < -0.3 is 33.7 Å². The Balaban J connectivity index is 2.00. The van der Waals surface area contributed by atoms with Crippen LogP contribution in [-0.2, 0) is 33.2 Å². The van der Waals surface area contributed by atoms with Gasteiger partial charge in [0.05, 0.1) is 13.0 Å². The van der Waals surface area contributed by atoms with E-state index in [4.69, 9.17) is 28.4 Å². The number of methoxy groups -OCH3 is 2. The minimum absolute atomic E-state index is 0.216. The highest BCUT2D eigenvalue weighted by Crippen LogP contribution is 2.41. The maximum Gasteiger partial charge on any atom is 0.407 e. The Kier molecular flexibility index (Phi) is 6.72. The zero-order chi connectivity index (χ0) is 20.4. The number of amides is 1. The largest absolute Gasteiger partial charge is 0.469 e. The van der Waals surface area contributed by atoms with Crippen molar-refractivity contribution in [3.8, 4) is 0 Å². The fourth-order valence-electron chi connectivity index (χ4n) is 3.31. The summed E-state index contributed by atoms with van der Waals surface area (Å²) in [5.41, 5.74) is -0.597. The Labute approximate surface area is 159 Å². The van der Waals surface area contributed by atoms with Gasteiger partial charge in [-0.15, -0.1) is 0 Å². The van der Waals surface area contributed by atoms with Crippen LogP contribution in [0, 0.1) is 5.92 Å². The van der Waals surface area contributed by atoms with Gasteiger partial charge in [0, 0.05) is 13.7 Å². The van der Waals surface area contributed by atoms with E-state index < -0.39 is 54.0 Å². The number of carbonyl (C=O) groups is 2. The predicted molar refractivity (Wildman–Crippen MR) is 93.9 cm³/mol. The smallest absolute Gasteiger partial charge is 0.407 e. The first-order valence-corrected chi connectivity index (χ1v) is 9.06. The first-order chi connectivity index (χ1) is 12.5. The van der Waals surface area contributed by atoms with Crippen LogP contribution in [0.1, 0.15) is 41.0 Å². The van der Waals surface area contributed by atoms with Crippen LogP contribution in [0.25, 0.3) is 0 Å². The van der Waals surface area contributed by atoms with E-state index in [1.54, 1.807) is 34.6 Å². The third kappa shape index (κ3) is 5.54. The minimum atomic E-state index is -0.782. The van der Waals surface area contributed by atoms with E-state index >= 15 is 0 Å². The van der Waals surface area contributed by atoms with Crippen LogP contribution in [0.5, 0.6) is 0 Å². The molecule has 2 aliphatic heterocycles. The van der Waals surface area contributed by atoms with Crippen LogP contribution < -0.4 is 5.32 Å². The summed E-state index contributed by atoms with van der Waals surface area (Å²) in [6, 6.07) is 0. The van der Waals surface area contributed by atoms with Gasteiger partial charge in [0.2, 0.25) is 0 Å². The monoisotopic (exact) mass is 389 g/mol. The Hall–Kier alpha value is -1.42. The maximum absolute atomic E-state index is 12.3. The number of carbonyl (C=O) groups excluding carboxylic acids is 2. The molecule has 27 heavy (non-hydrogen) atoms. The molecule has 0 aromatic carbocycles. The summed E-state index contributed by atoms with van der Waals surface area (Å²) in [6.45, 7) is 9.13. The quantitative estimate of drug-likeness (QED) is 0.683. The first-order valence-electron chi connectivity index (χ1n) is 9.06. The van der Waals surface area contributed by atoms with Crippen molar-refractivity contribution in [3.05, 3.63) is 0 Å². The molecule has 2 heterocycles. The number of hydrogen-bond acceptors (Lipinski definition) is 8. The molecule has 2 fully saturated rings. The lowest BCUT2D eigenvalue weighted by molar-refractivity contribution is -0.224. The SMILES string of the molecule is COC(=O)[C@@H](CCNC(=O)OC(C)(C)C)[C@H]1O[C@@H]2OC(C)(C)O[C@@H]2[C@H]1OC. The molecule has 0 spiro atoms. The van der Waals surface area contributed by atoms with E-state index in [0.717, 1.165) is 0 Å². The van der Waals surface area contributed by atoms with E-state index in [2.05, 4.69) is 5.32 Å². The van der Waals surface area contributed by atoms with Gasteiger partial charge in [-0.2, -0.15) is 0 Å². The lowest BCUT2D eigenvalue weighted by atomic mass is 9.93. The molecule has 1 N–H and O–H groups in total. The topological polar surface area (TPSA) is 102 Å². The van der Waals surface area contributed by atoms with E-state index in [-0.39, 0.29) is 6.54 Å². The predicted octanol–water partition coefficient (Wildman–Crippen LogP) is 1.58. The number of fused-ring (bicyclic) bond motifs is 1. The highest BCUT2D eigenvalue weighted by molar-refractivity contribution is 5.73. The van der Waals surface area contributed by atoms with Crippen LogP contribution in [0.3, 0.4) is 0 Å². The van der Waals surface area contributed by atoms with Gasteiger partial charge in [-0.25, -0.2) is 4.79 Å². The summed E-state index contributed by atoms with van der Waals surface area (Å²) < 4.78 is 33.2. The van der Waals surface area contributed by atoms with Crippen molar-refractivity contribution in [2.45, 2.75) is 77.0 Å². The number of ether oxygens (including phenoxy) is 6. The first kappa shape index (κ1) is 21.9. The summed E-state index contributed by atoms with van der Waals surface area (Å²) in [4.78, 5) is 24.1. The van der Waals surface area contributed by atoms with Crippen molar-refractivity contribution in [1.82, 2.24) is 5.32 Å². The lowest BCUT2D eigenvalue weighted by Gasteiger charge is -2.29. The second-order valence-electron chi connectivity index (χ2n) is 8.12. The summed E-state index contributed by atoms with van der Waals surface area (Å²) in [6.07, 6.45) is -2.44. The number of nitrogens with one attached hydrogen (secondary N) is 1. The molecule has 9 nitrogen and oxygen atoms in total. The minimum Gasteiger partial charge on any atom is -0.469 e. The second-order valence-corrected chi connectivity index (χ2v) is 8.12. The molecule has 5 atom stereocenters. The molecule has 0 aromatic rings. The Morgan fingerprint density at radius 3 is 2.41 bits per heavy atom. The van der Waals surface area contributed by atoms with Gasteiger partial charge in [-0.3, -0.25) is 4.79 Å². The molecule has 0 bridgehead atoms. The third-order valence-electron chi connectivity index (χ3n) is 4.32. The summed E-state index contributed by atoms with van der Waals surface area (Å²) in [5.74, 6) is -1.89. The highest BCUT2D eigenvalue weighted by atomic mass is 16.8.